The topological polar surface area (TPSA) is 52.5 Å². The molecule has 0 amide bonds. The van der Waals surface area contributed by atoms with Crippen LogP contribution in [0.4, 0.5) is 0 Å². The normalized spacial score (nSPS) is 10.3. The van der Waals surface area contributed by atoms with Gasteiger partial charge in [0.05, 0.1) is 11.6 Å². The Kier molecular flexibility index (Phi) is 2.61. The van der Waals surface area contributed by atoms with Crippen LogP contribution in [-0.4, -0.2) is 9.97 Å². The number of hydrogen-bond donors (Lipinski definition) is 1. The van der Waals surface area contributed by atoms with Gasteiger partial charge in [-0.1, -0.05) is 18.2 Å². The van der Waals surface area contributed by atoms with Gasteiger partial charge in [-0.05, 0) is 23.8 Å². The summed E-state index contributed by atoms with van der Waals surface area (Å²) in [5.74, 6) is 0.819. The van der Waals surface area contributed by atoms with Gasteiger partial charge in [-0.3, -0.25) is 0 Å². The summed E-state index contributed by atoms with van der Waals surface area (Å²) in [6, 6.07) is 9.47. The quantitative estimate of drug-likeness (QED) is 0.800. The summed E-state index contributed by atoms with van der Waals surface area (Å²) in [5, 5.41) is 8.63. The molecule has 0 saturated heterocycles. The molecule has 0 atom stereocenters. The van der Waals surface area contributed by atoms with Crippen molar-refractivity contribution < 1.29 is 0 Å². The van der Waals surface area contributed by atoms with Crippen molar-refractivity contribution in [1.29, 1.82) is 5.26 Å². The Morgan fingerprint density at radius 3 is 2.60 bits per heavy atom. The van der Waals surface area contributed by atoms with Crippen LogP contribution in [0.1, 0.15) is 17.0 Å². The van der Waals surface area contributed by atoms with E-state index in [-0.39, 0.29) is 0 Å². The maximum Gasteiger partial charge on any atom is 0.129 e. The van der Waals surface area contributed by atoms with Crippen LogP contribution in [0.15, 0.2) is 36.7 Å². The summed E-state index contributed by atoms with van der Waals surface area (Å²) in [7, 11) is 0. The first-order valence-corrected chi connectivity index (χ1v) is 4.56. The first-order chi connectivity index (χ1) is 7.38. The molecule has 1 aromatic heterocycles. The summed E-state index contributed by atoms with van der Waals surface area (Å²) in [6.07, 6.45) is 7.32. The van der Waals surface area contributed by atoms with E-state index in [4.69, 9.17) is 5.26 Å². The van der Waals surface area contributed by atoms with Crippen LogP contribution in [-0.2, 0) is 0 Å². The van der Waals surface area contributed by atoms with Crippen molar-refractivity contribution in [3.05, 3.63) is 53.6 Å². The van der Waals surface area contributed by atoms with E-state index >= 15 is 0 Å². The zero-order valence-electron chi connectivity index (χ0n) is 8.01. The second-order valence-electron chi connectivity index (χ2n) is 3.04. The van der Waals surface area contributed by atoms with Crippen molar-refractivity contribution in [1.82, 2.24) is 9.97 Å². The van der Waals surface area contributed by atoms with Crippen LogP contribution in [0.25, 0.3) is 12.2 Å². The van der Waals surface area contributed by atoms with Crippen LogP contribution < -0.4 is 0 Å². The maximum atomic E-state index is 8.63. The van der Waals surface area contributed by atoms with Crippen molar-refractivity contribution in [3.63, 3.8) is 0 Å². The predicted molar refractivity (Wildman–Crippen MR) is 58.7 cm³/mol. The van der Waals surface area contributed by atoms with Gasteiger partial charge in [0.25, 0.3) is 0 Å². The molecule has 1 aromatic carbocycles. The minimum Gasteiger partial charge on any atom is -0.345 e. The number of hydrogen-bond acceptors (Lipinski definition) is 2. The molecule has 72 valence electrons. The smallest absolute Gasteiger partial charge is 0.129 e. The Morgan fingerprint density at radius 2 is 2.00 bits per heavy atom. The number of aromatic amines is 1. The van der Waals surface area contributed by atoms with Crippen LogP contribution >= 0.6 is 0 Å². The van der Waals surface area contributed by atoms with Gasteiger partial charge in [0.15, 0.2) is 0 Å². The summed E-state index contributed by atoms with van der Waals surface area (Å²) >= 11 is 0. The summed E-state index contributed by atoms with van der Waals surface area (Å²) < 4.78 is 0. The minimum absolute atomic E-state index is 0.671. The van der Waals surface area contributed by atoms with Gasteiger partial charge < -0.3 is 4.98 Å². The number of nitrogens with one attached hydrogen (secondary N) is 1. The van der Waals surface area contributed by atoms with Gasteiger partial charge >= 0.3 is 0 Å². The Bertz CT molecular complexity index is 487. The van der Waals surface area contributed by atoms with E-state index in [1.54, 1.807) is 24.5 Å². The third-order valence-corrected chi connectivity index (χ3v) is 1.99. The lowest BCUT2D eigenvalue weighted by molar-refractivity contribution is 1.27. The van der Waals surface area contributed by atoms with E-state index in [2.05, 4.69) is 16.0 Å². The molecular formula is C12H9N3. The molecule has 2 aromatic rings. The van der Waals surface area contributed by atoms with Crippen molar-refractivity contribution in [3.8, 4) is 6.07 Å². The summed E-state index contributed by atoms with van der Waals surface area (Å²) in [5.41, 5.74) is 1.72. The Hall–Kier alpha value is -2.34. The van der Waals surface area contributed by atoms with Crippen LogP contribution in [0, 0.1) is 11.3 Å². The highest BCUT2D eigenvalue weighted by Crippen LogP contribution is 2.06. The van der Waals surface area contributed by atoms with E-state index < -0.39 is 0 Å². The molecule has 0 bridgehead atoms. The molecule has 15 heavy (non-hydrogen) atoms. The lowest BCUT2D eigenvalue weighted by Crippen LogP contribution is -1.76. The molecule has 0 saturated carbocycles. The van der Waals surface area contributed by atoms with E-state index in [1.165, 1.54) is 0 Å². The standard InChI is InChI=1S/C12H9N3/c13-9-11-3-1-10(2-4-11)5-6-12-14-7-8-15-12/h1-8H,(H,14,15). The number of nitriles is 1. The number of nitrogens with zero attached hydrogens (tertiary/aromatic N) is 2. The van der Waals surface area contributed by atoms with Gasteiger partial charge in [0, 0.05) is 12.4 Å². The average Bonchev–Trinajstić information content (AvgIpc) is 2.80. The van der Waals surface area contributed by atoms with E-state index in [0.29, 0.717) is 5.56 Å². The van der Waals surface area contributed by atoms with E-state index in [0.717, 1.165) is 11.4 Å². The zero-order valence-corrected chi connectivity index (χ0v) is 8.01. The van der Waals surface area contributed by atoms with Crippen LogP contribution in [0.3, 0.4) is 0 Å². The second-order valence-corrected chi connectivity index (χ2v) is 3.04. The monoisotopic (exact) mass is 195 g/mol. The average molecular weight is 195 g/mol. The second kappa shape index (κ2) is 4.25. The first-order valence-electron chi connectivity index (χ1n) is 4.56. The van der Waals surface area contributed by atoms with Crippen molar-refractivity contribution in [2.75, 3.05) is 0 Å². The number of aromatic nitrogens is 2. The third-order valence-electron chi connectivity index (χ3n) is 1.99. The van der Waals surface area contributed by atoms with Crippen molar-refractivity contribution in [2.24, 2.45) is 0 Å². The zero-order chi connectivity index (χ0) is 10.5. The highest BCUT2D eigenvalue weighted by molar-refractivity contribution is 5.66. The number of benzene rings is 1. The molecule has 3 nitrogen and oxygen atoms in total. The molecule has 0 aliphatic carbocycles. The third kappa shape index (κ3) is 2.32. The summed E-state index contributed by atoms with van der Waals surface area (Å²) in [4.78, 5) is 7.05. The van der Waals surface area contributed by atoms with Gasteiger partial charge in [-0.2, -0.15) is 5.26 Å². The number of imidazole rings is 1. The molecule has 1 heterocycles. The van der Waals surface area contributed by atoms with E-state index in [9.17, 15) is 0 Å². The molecule has 0 aliphatic rings. The largest absolute Gasteiger partial charge is 0.345 e. The maximum absolute atomic E-state index is 8.63. The molecule has 3 heteroatoms. The lowest BCUT2D eigenvalue weighted by atomic mass is 10.1. The molecule has 1 N–H and O–H groups in total. The number of H-pyrrole nitrogens is 1. The first kappa shape index (κ1) is 9.22. The van der Waals surface area contributed by atoms with Gasteiger partial charge in [-0.15, -0.1) is 0 Å². The van der Waals surface area contributed by atoms with Crippen LogP contribution in [0.5, 0.6) is 0 Å². The fourth-order valence-electron chi connectivity index (χ4n) is 1.21. The fourth-order valence-corrected chi connectivity index (χ4v) is 1.21. The SMILES string of the molecule is N#Cc1ccc(C=Cc2ncc[nH]2)cc1. The van der Waals surface area contributed by atoms with E-state index in [1.807, 2.05) is 24.3 Å². The predicted octanol–water partition coefficient (Wildman–Crippen LogP) is 2.45. The highest BCUT2D eigenvalue weighted by atomic mass is 14.9. The molecule has 0 fully saturated rings. The lowest BCUT2D eigenvalue weighted by Gasteiger charge is -1.92. The van der Waals surface area contributed by atoms with Crippen molar-refractivity contribution >= 4 is 12.2 Å². The molecule has 0 aliphatic heterocycles. The molecular weight excluding hydrogens is 186 g/mol. The van der Waals surface area contributed by atoms with Gasteiger partial charge in [-0.25, -0.2) is 4.98 Å². The molecule has 0 unspecified atom stereocenters. The highest BCUT2D eigenvalue weighted by Gasteiger charge is 1.90. The Morgan fingerprint density at radius 1 is 1.20 bits per heavy atom. The summed E-state index contributed by atoms with van der Waals surface area (Å²) in [6.45, 7) is 0. The molecule has 0 spiro atoms. The fraction of sp³-hybridized carbons (Fsp3) is 0. The van der Waals surface area contributed by atoms with Gasteiger partial charge in [0.1, 0.15) is 5.82 Å². The van der Waals surface area contributed by atoms with Crippen LogP contribution in [0.2, 0.25) is 0 Å². The number of rotatable bonds is 2. The Balaban J connectivity index is 2.15. The van der Waals surface area contributed by atoms with Gasteiger partial charge in [0.2, 0.25) is 0 Å². The molecule has 2 rings (SSSR count). The van der Waals surface area contributed by atoms with Crippen molar-refractivity contribution in [2.45, 2.75) is 0 Å². The minimum atomic E-state index is 0.671. The Labute approximate surface area is 87.7 Å². The molecule has 0 radical (unpaired) electrons.